The Bertz CT molecular complexity index is 1150. The van der Waals surface area contributed by atoms with Crippen LogP contribution in [0.15, 0.2) is 82.7 Å². The van der Waals surface area contributed by atoms with E-state index in [-0.39, 0.29) is 11.7 Å². The van der Waals surface area contributed by atoms with Gasteiger partial charge in [0.2, 0.25) is 0 Å². The lowest BCUT2D eigenvalue weighted by molar-refractivity contribution is -0.113. The summed E-state index contributed by atoms with van der Waals surface area (Å²) in [7, 11) is 1.50. The van der Waals surface area contributed by atoms with E-state index in [1.165, 1.54) is 18.9 Å². The Morgan fingerprint density at radius 1 is 1.07 bits per heavy atom. The Morgan fingerprint density at radius 3 is 2.40 bits per heavy atom. The molecule has 1 aliphatic rings. The highest BCUT2D eigenvalue weighted by molar-refractivity contribution is 14.1. The number of amidine groups is 1. The first-order chi connectivity index (χ1) is 14.6. The number of benzene rings is 3. The standard InChI is InChI=1S/C23H17IN2O3S/c1-29-19-13-15(12-18(24)21(19)27)14-20-22(28)26(17-10-6-3-7-11-17)23(30-20)25-16-8-4-2-5-9-16/h2-14,27H,1H3/b20-14-,25-23?. The molecule has 0 saturated carbocycles. The van der Waals surface area contributed by atoms with Gasteiger partial charge in [-0.2, -0.15) is 0 Å². The number of aliphatic imine (C=N–C) groups is 1. The van der Waals surface area contributed by atoms with Crippen molar-refractivity contribution in [2.75, 3.05) is 12.0 Å². The van der Waals surface area contributed by atoms with Gasteiger partial charge in [-0.1, -0.05) is 36.4 Å². The maximum atomic E-state index is 13.3. The Labute approximate surface area is 192 Å². The van der Waals surface area contributed by atoms with Crippen molar-refractivity contribution in [2.45, 2.75) is 0 Å². The van der Waals surface area contributed by atoms with Crippen molar-refractivity contribution in [1.82, 2.24) is 0 Å². The number of hydrogen-bond acceptors (Lipinski definition) is 5. The molecule has 5 nitrogen and oxygen atoms in total. The molecule has 1 amide bonds. The molecule has 0 bridgehead atoms. The molecule has 0 aromatic heterocycles. The molecule has 30 heavy (non-hydrogen) atoms. The Balaban J connectivity index is 1.78. The molecule has 4 rings (SSSR count). The second-order valence-electron chi connectivity index (χ2n) is 6.37. The van der Waals surface area contributed by atoms with Crippen LogP contribution in [0, 0.1) is 3.57 Å². The summed E-state index contributed by atoms with van der Waals surface area (Å²) in [6, 6.07) is 22.5. The fraction of sp³-hybridized carbons (Fsp3) is 0.0435. The van der Waals surface area contributed by atoms with Crippen LogP contribution in [0.5, 0.6) is 11.5 Å². The van der Waals surface area contributed by atoms with Crippen LogP contribution in [-0.2, 0) is 4.79 Å². The number of thioether (sulfide) groups is 1. The number of rotatable bonds is 4. The minimum atomic E-state index is -0.150. The van der Waals surface area contributed by atoms with E-state index >= 15 is 0 Å². The zero-order valence-corrected chi connectivity index (χ0v) is 18.9. The highest BCUT2D eigenvalue weighted by Gasteiger charge is 2.34. The number of methoxy groups -OCH3 is 1. The van der Waals surface area contributed by atoms with Crippen molar-refractivity contribution in [2.24, 2.45) is 4.99 Å². The topological polar surface area (TPSA) is 62.1 Å². The third kappa shape index (κ3) is 4.22. The Hall–Kier alpha value is -2.78. The number of carbonyl (C=O) groups excluding carboxylic acids is 1. The zero-order chi connectivity index (χ0) is 21.1. The van der Waals surface area contributed by atoms with Crippen LogP contribution in [0.4, 0.5) is 11.4 Å². The number of aromatic hydroxyl groups is 1. The summed E-state index contributed by atoms with van der Waals surface area (Å²) in [5, 5.41) is 10.7. The number of phenolic OH excluding ortho intramolecular Hbond substituents is 1. The van der Waals surface area contributed by atoms with E-state index in [2.05, 4.69) is 0 Å². The van der Waals surface area contributed by atoms with Gasteiger partial charge in [-0.05, 0) is 82.4 Å². The number of amides is 1. The van der Waals surface area contributed by atoms with E-state index < -0.39 is 0 Å². The quantitative estimate of drug-likeness (QED) is 0.343. The molecular weight excluding hydrogens is 511 g/mol. The number of carbonyl (C=O) groups is 1. The van der Waals surface area contributed by atoms with Crippen molar-refractivity contribution in [3.63, 3.8) is 0 Å². The largest absolute Gasteiger partial charge is 0.504 e. The van der Waals surface area contributed by atoms with Gasteiger partial charge >= 0.3 is 0 Å². The van der Waals surface area contributed by atoms with Gasteiger partial charge in [-0.15, -0.1) is 0 Å². The summed E-state index contributed by atoms with van der Waals surface area (Å²) in [4.78, 5) is 20.1. The van der Waals surface area contributed by atoms with Crippen molar-refractivity contribution in [3.8, 4) is 11.5 Å². The number of ether oxygens (including phenoxy) is 1. The number of nitrogens with zero attached hydrogens (tertiary/aromatic N) is 2. The first-order valence-electron chi connectivity index (χ1n) is 9.06. The number of halogens is 1. The van der Waals surface area contributed by atoms with E-state index in [9.17, 15) is 9.90 Å². The summed E-state index contributed by atoms with van der Waals surface area (Å²) < 4.78 is 5.88. The van der Waals surface area contributed by atoms with Gasteiger partial charge in [0, 0.05) is 0 Å². The molecule has 150 valence electrons. The zero-order valence-electron chi connectivity index (χ0n) is 15.9. The number of anilines is 1. The third-order valence-corrected chi connectivity index (χ3v) is 6.16. The van der Waals surface area contributed by atoms with E-state index in [0.29, 0.717) is 19.4 Å². The maximum Gasteiger partial charge on any atom is 0.271 e. The fourth-order valence-electron chi connectivity index (χ4n) is 2.95. The summed E-state index contributed by atoms with van der Waals surface area (Å²) in [6.45, 7) is 0. The van der Waals surface area contributed by atoms with Crippen molar-refractivity contribution in [1.29, 1.82) is 0 Å². The van der Waals surface area contributed by atoms with Gasteiger partial charge in [-0.25, -0.2) is 4.99 Å². The smallest absolute Gasteiger partial charge is 0.271 e. The molecular formula is C23H17IN2O3S. The predicted molar refractivity (Wildman–Crippen MR) is 130 cm³/mol. The van der Waals surface area contributed by atoms with Gasteiger partial charge in [0.15, 0.2) is 16.7 Å². The van der Waals surface area contributed by atoms with Gasteiger partial charge in [0.1, 0.15) is 0 Å². The first kappa shape index (κ1) is 20.5. The minimum absolute atomic E-state index is 0.0860. The lowest BCUT2D eigenvalue weighted by atomic mass is 10.2. The highest BCUT2D eigenvalue weighted by Crippen LogP contribution is 2.39. The predicted octanol–water partition coefficient (Wildman–Crippen LogP) is 5.81. The molecule has 1 heterocycles. The first-order valence-corrected chi connectivity index (χ1v) is 11.0. The molecule has 1 saturated heterocycles. The second-order valence-corrected chi connectivity index (χ2v) is 8.54. The molecule has 0 spiro atoms. The molecule has 1 N–H and O–H groups in total. The lowest BCUT2D eigenvalue weighted by Crippen LogP contribution is -2.28. The van der Waals surface area contributed by atoms with Crippen LogP contribution in [0.25, 0.3) is 6.08 Å². The minimum Gasteiger partial charge on any atom is -0.504 e. The average molecular weight is 528 g/mol. The fourth-order valence-corrected chi connectivity index (χ4v) is 4.58. The van der Waals surface area contributed by atoms with Gasteiger partial charge in [0.05, 0.1) is 27.0 Å². The van der Waals surface area contributed by atoms with Crippen LogP contribution >= 0.6 is 34.4 Å². The molecule has 0 aliphatic carbocycles. The molecule has 3 aromatic rings. The van der Waals surface area contributed by atoms with E-state index in [1.54, 1.807) is 23.1 Å². The SMILES string of the molecule is COc1cc(/C=C2\SC(=Nc3ccccc3)N(c3ccccc3)C2=O)cc(I)c1O. The molecule has 1 fully saturated rings. The number of phenols is 1. The van der Waals surface area contributed by atoms with E-state index in [0.717, 1.165) is 16.9 Å². The second kappa shape index (κ2) is 8.93. The number of para-hydroxylation sites is 2. The molecule has 1 aliphatic heterocycles. The summed E-state index contributed by atoms with van der Waals surface area (Å²) in [5.74, 6) is 0.299. The molecule has 3 aromatic carbocycles. The normalized spacial score (nSPS) is 16.5. The Kier molecular flexibility index (Phi) is 6.10. The van der Waals surface area contributed by atoms with Crippen molar-refractivity contribution >= 4 is 62.9 Å². The van der Waals surface area contributed by atoms with Crippen LogP contribution in [0.3, 0.4) is 0 Å². The van der Waals surface area contributed by atoms with Crippen LogP contribution in [0.1, 0.15) is 5.56 Å². The highest BCUT2D eigenvalue weighted by atomic mass is 127. The van der Waals surface area contributed by atoms with Crippen molar-refractivity contribution < 1.29 is 14.6 Å². The van der Waals surface area contributed by atoms with Crippen LogP contribution in [0.2, 0.25) is 0 Å². The van der Waals surface area contributed by atoms with E-state index in [4.69, 9.17) is 9.73 Å². The van der Waals surface area contributed by atoms with Gasteiger partial charge < -0.3 is 9.84 Å². The molecule has 0 radical (unpaired) electrons. The maximum absolute atomic E-state index is 13.3. The molecule has 0 unspecified atom stereocenters. The van der Waals surface area contributed by atoms with Crippen LogP contribution < -0.4 is 9.64 Å². The van der Waals surface area contributed by atoms with Crippen LogP contribution in [-0.4, -0.2) is 23.3 Å². The lowest BCUT2D eigenvalue weighted by Gasteiger charge is -2.15. The third-order valence-electron chi connectivity index (χ3n) is 4.37. The average Bonchev–Trinajstić information content (AvgIpc) is 3.06. The van der Waals surface area contributed by atoms with Gasteiger partial charge in [0.25, 0.3) is 5.91 Å². The van der Waals surface area contributed by atoms with E-state index in [1.807, 2.05) is 83.3 Å². The summed E-state index contributed by atoms with van der Waals surface area (Å²) in [6.07, 6.45) is 1.79. The number of hydrogen-bond donors (Lipinski definition) is 1. The molecule has 7 heteroatoms. The molecule has 0 atom stereocenters. The monoisotopic (exact) mass is 528 g/mol. The summed E-state index contributed by atoms with van der Waals surface area (Å²) in [5.41, 5.74) is 2.29. The summed E-state index contributed by atoms with van der Waals surface area (Å²) >= 11 is 3.35. The Morgan fingerprint density at radius 2 is 1.73 bits per heavy atom. The van der Waals surface area contributed by atoms with Crippen molar-refractivity contribution in [3.05, 3.63) is 86.8 Å². The van der Waals surface area contributed by atoms with Gasteiger partial charge in [-0.3, -0.25) is 9.69 Å².